The Bertz CT molecular complexity index is 1190. The van der Waals surface area contributed by atoms with Gasteiger partial charge in [0.1, 0.15) is 5.76 Å². The van der Waals surface area contributed by atoms with Crippen molar-refractivity contribution in [1.29, 1.82) is 0 Å². The highest BCUT2D eigenvalue weighted by molar-refractivity contribution is 8.00. The average Bonchev–Trinajstić information content (AvgIpc) is 3.30. The van der Waals surface area contributed by atoms with Crippen molar-refractivity contribution in [1.82, 2.24) is 14.9 Å². The number of thioether (sulfide) groups is 1. The normalized spacial score (nSPS) is 14.9. The molecule has 0 radical (unpaired) electrons. The van der Waals surface area contributed by atoms with Crippen molar-refractivity contribution >= 4 is 40.2 Å². The zero-order chi connectivity index (χ0) is 22.5. The predicted molar refractivity (Wildman–Crippen MR) is 128 cm³/mol. The summed E-state index contributed by atoms with van der Waals surface area (Å²) in [5.41, 5.74) is 1.75. The molecule has 0 saturated heterocycles. The molecule has 1 N–H and O–H groups in total. The molecule has 2 heterocycles. The fraction of sp³-hybridized carbons (Fsp3) is 0.375. The molecule has 1 aromatic carbocycles. The molecule has 32 heavy (non-hydrogen) atoms. The lowest BCUT2D eigenvalue weighted by molar-refractivity contribution is -0.120. The van der Waals surface area contributed by atoms with Crippen LogP contribution in [0, 0.1) is 0 Å². The minimum absolute atomic E-state index is 0.0728. The first-order valence-electron chi connectivity index (χ1n) is 10.9. The molecule has 6 nitrogen and oxygen atoms in total. The van der Waals surface area contributed by atoms with E-state index in [2.05, 4.69) is 16.4 Å². The van der Waals surface area contributed by atoms with Gasteiger partial charge in [-0.15, -0.1) is 0 Å². The van der Waals surface area contributed by atoms with Gasteiger partial charge < -0.3 is 9.73 Å². The standard InChI is InChI=1S/C24H26ClN3O3S/c1-16(22(29)26-12-11-17-6-3-2-4-7-17)32-24-27-21-14-18(25)9-10-20(21)23(30)28(24)15-19-8-5-13-31-19/h5-6,8-10,13-14,16H,2-4,7,11-12,15H2,1H3,(H,26,29). The summed E-state index contributed by atoms with van der Waals surface area (Å²) in [6, 6.07) is 8.61. The maximum Gasteiger partial charge on any atom is 0.262 e. The van der Waals surface area contributed by atoms with E-state index >= 15 is 0 Å². The topological polar surface area (TPSA) is 77.1 Å². The molecule has 2 aromatic heterocycles. The largest absolute Gasteiger partial charge is 0.467 e. The Kier molecular flexibility index (Phi) is 7.37. The zero-order valence-electron chi connectivity index (χ0n) is 18.0. The molecule has 1 unspecified atom stereocenters. The lowest BCUT2D eigenvalue weighted by Crippen LogP contribution is -2.33. The maximum absolute atomic E-state index is 13.2. The minimum Gasteiger partial charge on any atom is -0.467 e. The highest BCUT2D eigenvalue weighted by Crippen LogP contribution is 2.25. The van der Waals surface area contributed by atoms with Crippen molar-refractivity contribution in [3.63, 3.8) is 0 Å². The van der Waals surface area contributed by atoms with Crippen LogP contribution in [0.15, 0.2) is 62.6 Å². The average molecular weight is 472 g/mol. The van der Waals surface area contributed by atoms with Crippen molar-refractivity contribution in [2.75, 3.05) is 6.54 Å². The van der Waals surface area contributed by atoms with E-state index in [0.29, 0.717) is 33.4 Å². The smallest absolute Gasteiger partial charge is 0.262 e. The monoisotopic (exact) mass is 471 g/mol. The summed E-state index contributed by atoms with van der Waals surface area (Å²) in [6.07, 6.45) is 9.51. The number of amides is 1. The van der Waals surface area contributed by atoms with Gasteiger partial charge in [0.05, 0.1) is 29.0 Å². The van der Waals surface area contributed by atoms with E-state index in [0.717, 1.165) is 19.3 Å². The van der Waals surface area contributed by atoms with Crippen LogP contribution in [-0.4, -0.2) is 27.3 Å². The Labute approximate surface area is 196 Å². The lowest BCUT2D eigenvalue weighted by Gasteiger charge is -2.17. The molecule has 0 saturated carbocycles. The van der Waals surface area contributed by atoms with Crippen LogP contribution in [0.25, 0.3) is 10.9 Å². The molecule has 1 aliphatic carbocycles. The van der Waals surface area contributed by atoms with Crippen LogP contribution in [0.2, 0.25) is 5.02 Å². The Morgan fingerprint density at radius 1 is 1.34 bits per heavy atom. The second-order valence-corrected chi connectivity index (χ2v) is 9.68. The van der Waals surface area contributed by atoms with Crippen molar-refractivity contribution in [2.45, 2.75) is 56.0 Å². The summed E-state index contributed by atoms with van der Waals surface area (Å²) >= 11 is 7.38. The van der Waals surface area contributed by atoms with Crippen LogP contribution in [0.5, 0.6) is 0 Å². The van der Waals surface area contributed by atoms with Crippen molar-refractivity contribution in [3.05, 3.63) is 69.4 Å². The fourth-order valence-electron chi connectivity index (χ4n) is 3.79. The van der Waals surface area contributed by atoms with Crippen LogP contribution in [-0.2, 0) is 11.3 Å². The summed E-state index contributed by atoms with van der Waals surface area (Å²) < 4.78 is 6.99. The van der Waals surface area contributed by atoms with Gasteiger partial charge in [-0.1, -0.05) is 35.0 Å². The van der Waals surface area contributed by atoms with E-state index in [-0.39, 0.29) is 18.0 Å². The van der Waals surface area contributed by atoms with E-state index in [9.17, 15) is 9.59 Å². The molecule has 4 rings (SSSR count). The number of aromatic nitrogens is 2. The summed E-state index contributed by atoms with van der Waals surface area (Å²) in [4.78, 5) is 30.6. The third kappa shape index (κ3) is 5.45. The Hall–Kier alpha value is -2.51. The first kappa shape index (κ1) is 22.7. The van der Waals surface area contributed by atoms with Crippen LogP contribution in [0.1, 0.15) is 44.8 Å². The third-order valence-corrected chi connectivity index (χ3v) is 6.88. The molecule has 0 bridgehead atoms. The molecular formula is C24H26ClN3O3S. The number of hydrogen-bond donors (Lipinski definition) is 1. The number of nitrogens with one attached hydrogen (secondary N) is 1. The van der Waals surface area contributed by atoms with Gasteiger partial charge in [0.15, 0.2) is 5.16 Å². The molecule has 3 aromatic rings. The molecule has 1 aliphatic rings. The van der Waals surface area contributed by atoms with E-state index in [1.807, 2.05) is 13.0 Å². The van der Waals surface area contributed by atoms with Crippen LogP contribution in [0.4, 0.5) is 0 Å². The Balaban J connectivity index is 1.52. The highest BCUT2D eigenvalue weighted by atomic mass is 35.5. The van der Waals surface area contributed by atoms with Crippen LogP contribution in [0.3, 0.4) is 0 Å². The molecule has 0 fully saturated rings. The van der Waals surface area contributed by atoms with E-state index in [1.165, 1.54) is 30.2 Å². The minimum atomic E-state index is -0.415. The molecule has 1 amide bonds. The van der Waals surface area contributed by atoms with Crippen molar-refractivity contribution in [3.8, 4) is 0 Å². The van der Waals surface area contributed by atoms with E-state index in [4.69, 9.17) is 16.0 Å². The second kappa shape index (κ2) is 10.4. The number of halogens is 1. The number of rotatable bonds is 8. The summed E-state index contributed by atoms with van der Waals surface area (Å²) in [5.74, 6) is 0.568. The third-order valence-electron chi connectivity index (χ3n) is 5.56. The molecule has 8 heteroatoms. The fourth-order valence-corrected chi connectivity index (χ4v) is 4.89. The molecular weight excluding hydrogens is 446 g/mol. The number of furan rings is 1. The predicted octanol–water partition coefficient (Wildman–Crippen LogP) is 5.18. The first-order chi connectivity index (χ1) is 15.5. The van der Waals surface area contributed by atoms with Crippen LogP contribution >= 0.6 is 23.4 Å². The number of benzene rings is 1. The van der Waals surface area contributed by atoms with Gasteiger partial charge in [0, 0.05) is 11.6 Å². The Morgan fingerprint density at radius 2 is 2.22 bits per heavy atom. The second-order valence-electron chi connectivity index (χ2n) is 7.94. The van der Waals surface area contributed by atoms with Crippen molar-refractivity contribution in [2.24, 2.45) is 0 Å². The molecule has 1 atom stereocenters. The zero-order valence-corrected chi connectivity index (χ0v) is 19.5. The summed E-state index contributed by atoms with van der Waals surface area (Å²) in [5, 5.41) is 4.04. The van der Waals surface area contributed by atoms with Gasteiger partial charge in [-0.25, -0.2) is 4.98 Å². The summed E-state index contributed by atoms with van der Waals surface area (Å²) in [6.45, 7) is 2.68. The van der Waals surface area contributed by atoms with Crippen LogP contribution < -0.4 is 10.9 Å². The number of carbonyl (C=O) groups is 1. The number of nitrogens with zero attached hydrogens (tertiary/aromatic N) is 2. The van der Waals surface area contributed by atoms with Gasteiger partial charge in [-0.3, -0.25) is 14.2 Å². The van der Waals surface area contributed by atoms with Gasteiger partial charge in [-0.05, 0) is 69.4 Å². The van der Waals surface area contributed by atoms with Gasteiger partial charge in [0.2, 0.25) is 5.91 Å². The van der Waals surface area contributed by atoms with Gasteiger partial charge in [0.25, 0.3) is 5.56 Å². The summed E-state index contributed by atoms with van der Waals surface area (Å²) in [7, 11) is 0. The van der Waals surface area contributed by atoms with E-state index < -0.39 is 5.25 Å². The van der Waals surface area contributed by atoms with Crippen molar-refractivity contribution < 1.29 is 9.21 Å². The number of fused-ring (bicyclic) bond motifs is 1. The molecule has 168 valence electrons. The maximum atomic E-state index is 13.2. The van der Waals surface area contributed by atoms with E-state index in [1.54, 1.807) is 35.1 Å². The number of hydrogen-bond acceptors (Lipinski definition) is 5. The quantitative estimate of drug-likeness (QED) is 0.278. The molecule has 0 spiro atoms. The van der Waals surface area contributed by atoms with Gasteiger partial charge in [-0.2, -0.15) is 0 Å². The first-order valence-corrected chi connectivity index (χ1v) is 12.1. The number of allylic oxidation sites excluding steroid dienone is 1. The Morgan fingerprint density at radius 3 is 2.97 bits per heavy atom. The number of carbonyl (C=O) groups excluding carboxylic acids is 1. The lowest BCUT2D eigenvalue weighted by atomic mass is 9.97. The highest BCUT2D eigenvalue weighted by Gasteiger charge is 2.20. The van der Waals surface area contributed by atoms with Gasteiger partial charge >= 0.3 is 0 Å². The molecule has 0 aliphatic heterocycles. The SMILES string of the molecule is CC(Sc1nc2cc(Cl)ccc2c(=O)n1Cc1ccco1)C(=O)NCCC1=CCCCC1.